The first kappa shape index (κ1) is 18.2. The Hall–Kier alpha value is -2.17. The second-order valence-electron chi connectivity index (χ2n) is 5.20. The highest BCUT2D eigenvalue weighted by atomic mass is 35.5. The summed E-state index contributed by atoms with van der Waals surface area (Å²) in [5.41, 5.74) is 0.323. The van der Waals surface area contributed by atoms with Gasteiger partial charge in [0, 0.05) is 18.5 Å². The number of carboxylic acid groups (broad SMARTS) is 2. The van der Waals surface area contributed by atoms with Gasteiger partial charge >= 0.3 is 11.9 Å². The van der Waals surface area contributed by atoms with Gasteiger partial charge in [-0.1, -0.05) is 11.6 Å². The molecule has 2 rings (SSSR count). The molecule has 0 saturated carbocycles. The van der Waals surface area contributed by atoms with E-state index in [4.69, 9.17) is 21.8 Å². The zero-order valence-corrected chi connectivity index (χ0v) is 13.7. The van der Waals surface area contributed by atoms with Crippen LogP contribution in [-0.2, 0) is 26.2 Å². The first-order chi connectivity index (χ1) is 11.0. The fourth-order valence-corrected chi connectivity index (χ4v) is 3.60. The lowest BCUT2D eigenvalue weighted by Gasteiger charge is -2.23. The van der Waals surface area contributed by atoms with E-state index in [2.05, 4.69) is 0 Å². The van der Waals surface area contributed by atoms with Gasteiger partial charge in [0.2, 0.25) is 10.0 Å². The molecule has 1 aromatic rings. The molecule has 1 aliphatic heterocycles. The van der Waals surface area contributed by atoms with Crippen molar-refractivity contribution in [2.75, 3.05) is 0 Å². The monoisotopic (exact) mass is 376 g/mol. The minimum Gasteiger partial charge on any atom is -0.481 e. The third-order valence-electron chi connectivity index (χ3n) is 3.59. The molecule has 24 heavy (non-hydrogen) atoms. The molecule has 0 aromatic heterocycles. The standard InChI is InChI=1S/C13H13ClN2O7S/c14-8-3-6-5-16(9(13(20)21)1-2-11(17)18)12(19)7(6)4-10(8)24(15,22)23/h3-4,9H,1-2,5H2,(H,17,18)(H,20,21)(H2,15,22,23)/t9-/m0/s1. The van der Waals surface area contributed by atoms with Crippen molar-refractivity contribution >= 4 is 39.5 Å². The average Bonchev–Trinajstić information content (AvgIpc) is 2.73. The van der Waals surface area contributed by atoms with E-state index in [1.54, 1.807) is 0 Å². The minimum atomic E-state index is -4.15. The maximum atomic E-state index is 12.4. The molecule has 1 heterocycles. The normalized spacial score (nSPS) is 15.2. The number of halogens is 1. The topological polar surface area (TPSA) is 155 Å². The summed E-state index contributed by atoms with van der Waals surface area (Å²) < 4.78 is 22.9. The molecule has 0 radical (unpaired) electrons. The second-order valence-corrected chi connectivity index (χ2v) is 7.14. The van der Waals surface area contributed by atoms with E-state index in [1.807, 2.05) is 0 Å². The largest absolute Gasteiger partial charge is 0.481 e. The molecule has 11 heteroatoms. The number of carbonyl (C=O) groups excluding carboxylic acids is 1. The summed E-state index contributed by atoms with van der Waals surface area (Å²) in [7, 11) is -4.15. The van der Waals surface area contributed by atoms with Crippen molar-refractivity contribution in [1.29, 1.82) is 0 Å². The van der Waals surface area contributed by atoms with Gasteiger partial charge in [0.1, 0.15) is 10.9 Å². The molecule has 0 saturated heterocycles. The molecule has 0 spiro atoms. The summed E-state index contributed by atoms with van der Waals surface area (Å²) in [6.45, 7) is -0.116. The molecule has 0 bridgehead atoms. The zero-order valence-electron chi connectivity index (χ0n) is 12.1. The zero-order chi connectivity index (χ0) is 18.2. The minimum absolute atomic E-state index is 0.0231. The number of aliphatic carboxylic acids is 2. The van der Waals surface area contributed by atoms with E-state index in [0.29, 0.717) is 5.56 Å². The van der Waals surface area contributed by atoms with E-state index >= 15 is 0 Å². The number of hydrogen-bond donors (Lipinski definition) is 3. The van der Waals surface area contributed by atoms with Crippen molar-refractivity contribution in [3.05, 3.63) is 28.3 Å². The van der Waals surface area contributed by atoms with Crippen molar-refractivity contribution in [2.45, 2.75) is 30.3 Å². The van der Waals surface area contributed by atoms with Crippen LogP contribution in [0.15, 0.2) is 17.0 Å². The third-order valence-corrected chi connectivity index (χ3v) is 4.96. The molecule has 0 aliphatic carbocycles. The number of hydrogen-bond acceptors (Lipinski definition) is 5. The van der Waals surface area contributed by atoms with E-state index in [-0.39, 0.29) is 23.6 Å². The predicted molar refractivity (Wildman–Crippen MR) is 81.0 cm³/mol. The van der Waals surface area contributed by atoms with Crippen molar-refractivity contribution in [2.24, 2.45) is 5.14 Å². The Kier molecular flexibility index (Phi) is 4.83. The van der Waals surface area contributed by atoms with Crippen LogP contribution in [0.2, 0.25) is 5.02 Å². The lowest BCUT2D eigenvalue weighted by molar-refractivity contribution is -0.143. The van der Waals surface area contributed by atoms with Crippen LogP contribution >= 0.6 is 11.6 Å². The molecule has 130 valence electrons. The van der Waals surface area contributed by atoms with Gasteiger partial charge in [-0.3, -0.25) is 9.59 Å². The first-order valence-electron chi connectivity index (χ1n) is 6.63. The lowest BCUT2D eigenvalue weighted by atomic mass is 10.1. The molecule has 1 aliphatic rings. The number of nitrogens with zero attached hydrogens (tertiary/aromatic N) is 1. The van der Waals surface area contributed by atoms with Crippen molar-refractivity contribution in [3.8, 4) is 0 Å². The highest BCUT2D eigenvalue weighted by Crippen LogP contribution is 2.32. The van der Waals surface area contributed by atoms with Gasteiger partial charge in [-0.2, -0.15) is 0 Å². The molecule has 1 atom stereocenters. The summed E-state index contributed by atoms with van der Waals surface area (Å²) in [6.07, 6.45) is -0.708. The number of carboxylic acids is 2. The quantitative estimate of drug-likeness (QED) is 0.643. The Labute approximate surface area is 141 Å². The van der Waals surface area contributed by atoms with Gasteiger partial charge in [0.15, 0.2) is 0 Å². The maximum absolute atomic E-state index is 12.4. The van der Waals surface area contributed by atoms with E-state index < -0.39 is 45.2 Å². The molecular formula is C13H13ClN2O7S. The van der Waals surface area contributed by atoms with Crippen LogP contribution in [0.3, 0.4) is 0 Å². The lowest BCUT2D eigenvalue weighted by Crippen LogP contribution is -2.41. The average molecular weight is 377 g/mol. The van der Waals surface area contributed by atoms with Gasteiger partial charge in [-0.15, -0.1) is 0 Å². The number of fused-ring (bicyclic) bond motifs is 1. The third kappa shape index (κ3) is 3.50. The fourth-order valence-electron chi connectivity index (χ4n) is 2.48. The van der Waals surface area contributed by atoms with Crippen LogP contribution in [0.25, 0.3) is 0 Å². The van der Waals surface area contributed by atoms with Crippen molar-refractivity contribution < 1.29 is 33.0 Å². The Bertz CT molecular complexity index is 837. The maximum Gasteiger partial charge on any atom is 0.326 e. The summed E-state index contributed by atoms with van der Waals surface area (Å²) in [6, 6.07) is 0.897. The number of sulfonamides is 1. The molecule has 1 amide bonds. The van der Waals surface area contributed by atoms with Gasteiger partial charge in [0.25, 0.3) is 5.91 Å². The van der Waals surface area contributed by atoms with Crippen LogP contribution < -0.4 is 5.14 Å². The summed E-state index contributed by atoms with van der Waals surface area (Å²) in [5.74, 6) is -3.26. The predicted octanol–water partition coefficient (Wildman–Crippen LogP) is 0.261. The van der Waals surface area contributed by atoms with Crippen molar-refractivity contribution in [3.63, 3.8) is 0 Å². The van der Waals surface area contributed by atoms with E-state index in [0.717, 1.165) is 11.0 Å². The van der Waals surface area contributed by atoms with Gasteiger partial charge < -0.3 is 15.1 Å². The fraction of sp³-hybridized carbons (Fsp3) is 0.308. The second kappa shape index (κ2) is 6.38. The van der Waals surface area contributed by atoms with Crippen LogP contribution in [0.1, 0.15) is 28.8 Å². The summed E-state index contributed by atoms with van der Waals surface area (Å²) in [4.78, 5) is 35.0. The van der Waals surface area contributed by atoms with Gasteiger partial charge in [-0.05, 0) is 24.1 Å². The highest BCUT2D eigenvalue weighted by molar-refractivity contribution is 7.89. The molecule has 1 aromatic carbocycles. The molecule has 4 N–H and O–H groups in total. The van der Waals surface area contributed by atoms with Crippen LogP contribution in [0.5, 0.6) is 0 Å². The van der Waals surface area contributed by atoms with E-state index in [9.17, 15) is 27.9 Å². The SMILES string of the molecule is NS(=O)(=O)c1cc2c(cc1Cl)CN([C@@H](CCC(=O)O)C(=O)O)C2=O. The Morgan fingerprint density at radius 2 is 1.96 bits per heavy atom. The summed E-state index contributed by atoms with van der Waals surface area (Å²) in [5, 5.41) is 22.8. The number of carbonyl (C=O) groups is 3. The van der Waals surface area contributed by atoms with Gasteiger partial charge in [0.05, 0.1) is 5.02 Å². The van der Waals surface area contributed by atoms with Crippen LogP contribution in [0, 0.1) is 0 Å². The molecule has 9 nitrogen and oxygen atoms in total. The van der Waals surface area contributed by atoms with Crippen LogP contribution in [0.4, 0.5) is 0 Å². The molecular weight excluding hydrogens is 364 g/mol. The highest BCUT2D eigenvalue weighted by Gasteiger charge is 2.37. The number of primary sulfonamides is 1. The number of amides is 1. The van der Waals surface area contributed by atoms with Crippen molar-refractivity contribution in [1.82, 2.24) is 4.90 Å². The van der Waals surface area contributed by atoms with Gasteiger partial charge in [-0.25, -0.2) is 18.4 Å². The first-order valence-corrected chi connectivity index (χ1v) is 8.55. The Morgan fingerprint density at radius 1 is 1.33 bits per heavy atom. The number of nitrogens with two attached hydrogens (primary N) is 1. The Balaban J connectivity index is 2.39. The number of rotatable bonds is 6. The van der Waals surface area contributed by atoms with Crippen LogP contribution in [-0.4, -0.2) is 47.4 Å². The molecule has 0 fully saturated rings. The smallest absolute Gasteiger partial charge is 0.326 e. The Morgan fingerprint density at radius 3 is 2.46 bits per heavy atom. The van der Waals surface area contributed by atoms with E-state index in [1.165, 1.54) is 6.07 Å². The molecule has 0 unspecified atom stereocenters. The summed E-state index contributed by atoms with van der Waals surface area (Å²) >= 11 is 5.85. The number of benzene rings is 1.